The van der Waals surface area contributed by atoms with Gasteiger partial charge in [-0.1, -0.05) is 112 Å². The minimum atomic E-state index is 1.21. The highest BCUT2D eigenvalue weighted by molar-refractivity contribution is 5.15. The second-order valence-electron chi connectivity index (χ2n) is 8.46. The molecular weight excluding hydrogens is 350 g/mol. The molecule has 0 unspecified atom stereocenters. The third-order valence-electron chi connectivity index (χ3n) is 5.82. The van der Waals surface area contributed by atoms with Gasteiger partial charge >= 0.3 is 0 Å². The summed E-state index contributed by atoms with van der Waals surface area (Å²) in [6.45, 7) is 2.42. The molecule has 2 rings (SSSR count). The van der Waals surface area contributed by atoms with Gasteiger partial charge in [0.2, 0.25) is 0 Å². The average molecular weight is 394 g/mol. The van der Waals surface area contributed by atoms with Gasteiger partial charge in [0.25, 0.3) is 0 Å². The molecule has 0 aliphatic carbocycles. The van der Waals surface area contributed by atoms with Crippen LogP contribution in [-0.2, 0) is 12.8 Å². The summed E-state index contributed by atoms with van der Waals surface area (Å²) < 4.78 is 0. The number of benzene rings is 2. The van der Waals surface area contributed by atoms with E-state index in [1.54, 1.807) is 0 Å². The van der Waals surface area contributed by atoms with E-state index < -0.39 is 0 Å². The molecule has 0 aliphatic heterocycles. The van der Waals surface area contributed by atoms with E-state index in [1.165, 1.54) is 114 Å². The maximum atomic E-state index is 3.63. The molecule has 0 atom stereocenters. The molecule has 1 N–H and O–H groups in total. The lowest BCUT2D eigenvalue weighted by Crippen LogP contribution is -2.16. The second kappa shape index (κ2) is 17.3. The van der Waals surface area contributed by atoms with Crippen LogP contribution in [0.5, 0.6) is 0 Å². The Balaban J connectivity index is 1.24. The van der Waals surface area contributed by atoms with Crippen LogP contribution in [0.15, 0.2) is 60.7 Å². The molecule has 0 amide bonds. The van der Waals surface area contributed by atoms with Crippen LogP contribution in [0.2, 0.25) is 0 Å². The standard InChI is InChI=1S/C28H43N/c1(5-11-19-27-21-13-9-14-22-27)3-7-17-25-29-26-18-8-4-2-6-12-20-28-23-15-10-16-24-28/h9-10,13-16,21-24,29H,1-8,11-12,17-20,25-26H2. The predicted molar refractivity (Wildman–Crippen MR) is 129 cm³/mol. The molecule has 0 fully saturated rings. The van der Waals surface area contributed by atoms with Crippen molar-refractivity contribution in [1.82, 2.24) is 5.32 Å². The van der Waals surface area contributed by atoms with Crippen LogP contribution in [0.1, 0.15) is 88.2 Å². The summed E-state index contributed by atoms with van der Waals surface area (Å²) in [5.74, 6) is 0. The van der Waals surface area contributed by atoms with Crippen LogP contribution in [0, 0.1) is 0 Å². The molecular formula is C28H43N. The van der Waals surface area contributed by atoms with Crippen molar-refractivity contribution in [2.45, 2.75) is 89.9 Å². The molecule has 0 radical (unpaired) electrons. The average Bonchev–Trinajstić information content (AvgIpc) is 2.77. The number of hydrogen-bond donors (Lipinski definition) is 1. The molecule has 1 heteroatoms. The van der Waals surface area contributed by atoms with Gasteiger partial charge in [0.15, 0.2) is 0 Å². The van der Waals surface area contributed by atoms with Gasteiger partial charge in [-0.25, -0.2) is 0 Å². The minimum absolute atomic E-state index is 1.21. The monoisotopic (exact) mass is 393 g/mol. The second-order valence-corrected chi connectivity index (χ2v) is 8.46. The van der Waals surface area contributed by atoms with Gasteiger partial charge in [-0.2, -0.15) is 0 Å². The first kappa shape index (κ1) is 23.7. The zero-order valence-electron chi connectivity index (χ0n) is 18.6. The maximum absolute atomic E-state index is 3.63. The smallest absolute Gasteiger partial charge is 0.00489 e. The summed E-state index contributed by atoms with van der Waals surface area (Å²) >= 11 is 0. The van der Waals surface area contributed by atoms with Crippen molar-refractivity contribution in [2.24, 2.45) is 0 Å². The molecule has 0 bridgehead atoms. The van der Waals surface area contributed by atoms with Crippen LogP contribution in [-0.4, -0.2) is 13.1 Å². The van der Waals surface area contributed by atoms with E-state index in [9.17, 15) is 0 Å². The van der Waals surface area contributed by atoms with Crippen molar-refractivity contribution in [1.29, 1.82) is 0 Å². The van der Waals surface area contributed by atoms with E-state index in [0.717, 1.165) is 0 Å². The Bertz CT molecular complexity index is 524. The number of rotatable bonds is 18. The number of unbranched alkanes of at least 4 members (excludes halogenated alkanes) is 10. The van der Waals surface area contributed by atoms with Gasteiger partial charge in [-0.05, 0) is 62.7 Å². The molecule has 1 nitrogen and oxygen atoms in total. The van der Waals surface area contributed by atoms with E-state index in [-0.39, 0.29) is 0 Å². The van der Waals surface area contributed by atoms with Crippen LogP contribution < -0.4 is 5.32 Å². The molecule has 160 valence electrons. The molecule has 0 heterocycles. The molecule has 2 aromatic rings. The highest BCUT2D eigenvalue weighted by atomic mass is 14.8. The Morgan fingerprint density at radius 2 is 0.724 bits per heavy atom. The summed E-state index contributed by atoms with van der Waals surface area (Å²) in [5.41, 5.74) is 2.98. The zero-order valence-corrected chi connectivity index (χ0v) is 18.6. The Labute approximate surface area is 180 Å². The third kappa shape index (κ3) is 13.3. The van der Waals surface area contributed by atoms with E-state index in [4.69, 9.17) is 0 Å². The summed E-state index contributed by atoms with van der Waals surface area (Å²) in [4.78, 5) is 0. The quantitative estimate of drug-likeness (QED) is 0.255. The molecule has 0 saturated heterocycles. The Kier molecular flexibility index (Phi) is 14.1. The summed E-state index contributed by atoms with van der Waals surface area (Å²) in [7, 11) is 0. The zero-order chi connectivity index (χ0) is 20.2. The number of nitrogens with one attached hydrogen (secondary N) is 1. The first-order valence-corrected chi connectivity index (χ1v) is 12.2. The van der Waals surface area contributed by atoms with E-state index >= 15 is 0 Å². The van der Waals surface area contributed by atoms with Gasteiger partial charge in [0.1, 0.15) is 0 Å². The van der Waals surface area contributed by atoms with Crippen molar-refractivity contribution in [3.05, 3.63) is 71.8 Å². The first-order chi connectivity index (χ1) is 14.4. The topological polar surface area (TPSA) is 12.0 Å². The SMILES string of the molecule is c1ccc(CCCCCCCCNCCCCCCCCc2ccccc2)cc1. The number of aryl methyl sites for hydroxylation is 2. The summed E-state index contributed by atoms with van der Waals surface area (Å²) in [6, 6.07) is 21.8. The largest absolute Gasteiger partial charge is 0.317 e. The Morgan fingerprint density at radius 1 is 0.379 bits per heavy atom. The van der Waals surface area contributed by atoms with E-state index in [2.05, 4.69) is 66.0 Å². The van der Waals surface area contributed by atoms with Crippen molar-refractivity contribution in [2.75, 3.05) is 13.1 Å². The lowest BCUT2D eigenvalue weighted by Gasteiger charge is -2.06. The predicted octanol–water partition coefficient (Wildman–Crippen LogP) is 7.74. The van der Waals surface area contributed by atoms with Crippen molar-refractivity contribution < 1.29 is 0 Å². The van der Waals surface area contributed by atoms with Crippen molar-refractivity contribution >= 4 is 0 Å². The van der Waals surface area contributed by atoms with Gasteiger partial charge < -0.3 is 5.32 Å². The molecule has 0 aliphatic rings. The lowest BCUT2D eigenvalue weighted by atomic mass is 10.0. The summed E-state index contributed by atoms with van der Waals surface area (Å²) in [5, 5.41) is 3.63. The van der Waals surface area contributed by atoms with Gasteiger partial charge in [-0.15, -0.1) is 0 Å². The lowest BCUT2D eigenvalue weighted by molar-refractivity contribution is 0.539. The molecule has 0 spiro atoms. The van der Waals surface area contributed by atoms with Crippen LogP contribution >= 0.6 is 0 Å². The van der Waals surface area contributed by atoms with Crippen LogP contribution in [0.25, 0.3) is 0 Å². The van der Waals surface area contributed by atoms with Crippen LogP contribution in [0.4, 0.5) is 0 Å². The highest BCUT2D eigenvalue weighted by Gasteiger charge is 1.96. The highest BCUT2D eigenvalue weighted by Crippen LogP contribution is 2.11. The fourth-order valence-corrected chi connectivity index (χ4v) is 3.99. The molecule has 2 aromatic carbocycles. The fraction of sp³-hybridized carbons (Fsp3) is 0.571. The molecule has 0 aromatic heterocycles. The van der Waals surface area contributed by atoms with E-state index in [0.29, 0.717) is 0 Å². The van der Waals surface area contributed by atoms with Crippen molar-refractivity contribution in [3.8, 4) is 0 Å². The maximum Gasteiger partial charge on any atom is -0.00489 e. The van der Waals surface area contributed by atoms with Gasteiger partial charge in [-0.3, -0.25) is 0 Å². The third-order valence-corrected chi connectivity index (χ3v) is 5.82. The van der Waals surface area contributed by atoms with Crippen molar-refractivity contribution in [3.63, 3.8) is 0 Å². The number of hydrogen-bond acceptors (Lipinski definition) is 1. The van der Waals surface area contributed by atoms with Gasteiger partial charge in [0, 0.05) is 0 Å². The van der Waals surface area contributed by atoms with Gasteiger partial charge in [0.05, 0.1) is 0 Å². The first-order valence-electron chi connectivity index (χ1n) is 12.2. The summed E-state index contributed by atoms with van der Waals surface area (Å²) in [6.07, 6.45) is 19.0. The van der Waals surface area contributed by atoms with Crippen LogP contribution in [0.3, 0.4) is 0 Å². The Hall–Kier alpha value is -1.60. The molecule has 29 heavy (non-hydrogen) atoms. The Morgan fingerprint density at radius 3 is 1.14 bits per heavy atom. The fourth-order valence-electron chi connectivity index (χ4n) is 3.99. The minimum Gasteiger partial charge on any atom is -0.317 e. The normalized spacial score (nSPS) is 11.0. The molecule has 0 saturated carbocycles. The van der Waals surface area contributed by atoms with E-state index in [1.807, 2.05) is 0 Å².